The summed E-state index contributed by atoms with van der Waals surface area (Å²) in [6, 6.07) is 4.74. The van der Waals surface area contributed by atoms with Crippen molar-refractivity contribution in [2.24, 2.45) is 5.41 Å². The number of likely N-dealkylation sites (tertiary alicyclic amines) is 1. The first-order valence-corrected chi connectivity index (χ1v) is 14.2. The van der Waals surface area contributed by atoms with Crippen molar-refractivity contribution in [3.8, 4) is 11.5 Å². The van der Waals surface area contributed by atoms with Gasteiger partial charge in [-0.05, 0) is 61.1 Å². The van der Waals surface area contributed by atoms with Crippen molar-refractivity contribution in [1.82, 2.24) is 9.80 Å². The highest BCUT2D eigenvalue weighted by molar-refractivity contribution is 5.78. The fraction of sp³-hybridized carbons (Fsp3) is 0.767. The molecule has 204 valence electrons. The molecule has 36 heavy (non-hydrogen) atoms. The quantitative estimate of drug-likeness (QED) is 0.296. The van der Waals surface area contributed by atoms with Gasteiger partial charge < -0.3 is 19.1 Å². The second-order valence-corrected chi connectivity index (χ2v) is 11.5. The highest BCUT2D eigenvalue weighted by atomic mass is 16.7. The van der Waals surface area contributed by atoms with E-state index in [4.69, 9.17) is 14.2 Å². The van der Waals surface area contributed by atoms with Crippen molar-refractivity contribution in [2.45, 2.75) is 105 Å². The summed E-state index contributed by atoms with van der Waals surface area (Å²) in [6.07, 6.45) is 8.93. The third-order valence-electron chi connectivity index (χ3n) is 7.92. The number of nitrogens with zero attached hydrogens (tertiary/aromatic N) is 2. The van der Waals surface area contributed by atoms with Gasteiger partial charge in [-0.15, -0.1) is 0 Å². The fourth-order valence-corrected chi connectivity index (χ4v) is 5.96. The molecule has 0 radical (unpaired) electrons. The number of ether oxygens (including phenoxy) is 3. The van der Waals surface area contributed by atoms with E-state index in [0.717, 1.165) is 75.2 Å². The lowest BCUT2D eigenvalue weighted by molar-refractivity contribution is -0.133. The molecule has 2 heterocycles. The van der Waals surface area contributed by atoms with Crippen molar-refractivity contribution in [2.75, 3.05) is 40.1 Å². The number of carbonyl (C=O) groups excluding carboxylic acids is 1. The Morgan fingerprint density at radius 3 is 2.50 bits per heavy atom. The van der Waals surface area contributed by atoms with Crippen molar-refractivity contribution < 1.29 is 19.0 Å². The number of methoxy groups -OCH3 is 1. The molecule has 0 aromatic heterocycles. The van der Waals surface area contributed by atoms with Crippen LogP contribution >= 0.6 is 0 Å². The minimum Gasteiger partial charge on any atom is -0.496 e. The molecule has 3 rings (SSSR count). The van der Waals surface area contributed by atoms with Gasteiger partial charge in [0.05, 0.1) is 25.8 Å². The van der Waals surface area contributed by atoms with Crippen molar-refractivity contribution in [3.63, 3.8) is 0 Å². The van der Waals surface area contributed by atoms with Gasteiger partial charge in [0, 0.05) is 25.7 Å². The lowest BCUT2D eigenvalue weighted by atomic mass is 9.80. The molecular formula is C30H50N2O4. The van der Waals surface area contributed by atoms with Crippen LogP contribution in [0.1, 0.15) is 103 Å². The SMILES string of the molecule is CCCCN(CCCC)C(=O)CN1C[C@H](c2cc(OC)c3c(c2)OCOC3)C[C@@H]1CC(C)(C)CCC. The van der Waals surface area contributed by atoms with Crippen molar-refractivity contribution in [1.29, 1.82) is 0 Å². The van der Waals surface area contributed by atoms with Gasteiger partial charge in [0.1, 0.15) is 11.5 Å². The van der Waals surface area contributed by atoms with E-state index in [1.807, 2.05) is 0 Å². The molecule has 1 aromatic rings. The van der Waals surface area contributed by atoms with Crippen molar-refractivity contribution in [3.05, 3.63) is 23.3 Å². The van der Waals surface area contributed by atoms with Crippen LogP contribution in [-0.2, 0) is 16.1 Å². The van der Waals surface area contributed by atoms with Crippen LogP contribution in [0.5, 0.6) is 11.5 Å². The predicted molar refractivity (Wildman–Crippen MR) is 146 cm³/mol. The van der Waals surface area contributed by atoms with Crippen LogP contribution in [0, 0.1) is 5.41 Å². The summed E-state index contributed by atoms with van der Waals surface area (Å²) in [6.45, 7) is 15.4. The van der Waals surface area contributed by atoms with Gasteiger partial charge in [-0.25, -0.2) is 0 Å². The predicted octanol–water partition coefficient (Wildman–Crippen LogP) is 6.36. The summed E-state index contributed by atoms with van der Waals surface area (Å²) >= 11 is 0. The molecule has 0 N–H and O–H groups in total. The first-order valence-electron chi connectivity index (χ1n) is 14.2. The van der Waals surface area contributed by atoms with E-state index in [1.54, 1.807) is 7.11 Å². The van der Waals surface area contributed by atoms with Crippen LogP contribution in [0.3, 0.4) is 0 Å². The van der Waals surface area contributed by atoms with Crippen LogP contribution < -0.4 is 9.47 Å². The normalized spacial score (nSPS) is 20.2. The lowest BCUT2D eigenvalue weighted by Gasteiger charge is -2.33. The molecule has 0 aliphatic carbocycles. The molecule has 1 amide bonds. The zero-order chi connectivity index (χ0) is 26.1. The highest BCUT2D eigenvalue weighted by Crippen LogP contribution is 2.42. The number of unbranched alkanes of at least 4 members (excludes halogenated alkanes) is 2. The largest absolute Gasteiger partial charge is 0.496 e. The number of amides is 1. The topological polar surface area (TPSA) is 51.2 Å². The van der Waals surface area contributed by atoms with Gasteiger partial charge in [0.15, 0.2) is 6.79 Å². The molecule has 6 nitrogen and oxygen atoms in total. The second kappa shape index (κ2) is 13.7. The third kappa shape index (κ3) is 7.61. The highest BCUT2D eigenvalue weighted by Gasteiger charge is 2.38. The van der Waals surface area contributed by atoms with Crippen LogP contribution in [-0.4, -0.2) is 61.8 Å². The molecule has 2 atom stereocenters. The Balaban J connectivity index is 1.82. The van der Waals surface area contributed by atoms with Gasteiger partial charge in [-0.1, -0.05) is 53.9 Å². The summed E-state index contributed by atoms with van der Waals surface area (Å²) in [5, 5.41) is 0. The molecule has 1 saturated heterocycles. The Kier molecular flexibility index (Phi) is 10.9. The summed E-state index contributed by atoms with van der Waals surface area (Å²) in [4.78, 5) is 18.1. The maximum absolute atomic E-state index is 13.5. The number of fused-ring (bicyclic) bond motifs is 1. The first-order chi connectivity index (χ1) is 17.3. The molecule has 6 heteroatoms. The zero-order valence-corrected chi connectivity index (χ0v) is 23.7. The number of carbonyl (C=O) groups is 1. The number of hydrogen-bond donors (Lipinski definition) is 0. The maximum Gasteiger partial charge on any atom is 0.236 e. The molecule has 2 aliphatic heterocycles. The second-order valence-electron chi connectivity index (χ2n) is 11.5. The first kappa shape index (κ1) is 28.8. The zero-order valence-electron chi connectivity index (χ0n) is 23.7. The third-order valence-corrected chi connectivity index (χ3v) is 7.92. The molecule has 0 bridgehead atoms. The fourth-order valence-electron chi connectivity index (χ4n) is 5.96. The summed E-state index contributed by atoms with van der Waals surface area (Å²) in [7, 11) is 1.71. The Morgan fingerprint density at radius 2 is 1.86 bits per heavy atom. The van der Waals surface area contributed by atoms with E-state index in [-0.39, 0.29) is 12.2 Å². The van der Waals surface area contributed by atoms with Gasteiger partial charge in [-0.2, -0.15) is 0 Å². The van der Waals surface area contributed by atoms with Crippen LogP contribution in [0.15, 0.2) is 12.1 Å². The summed E-state index contributed by atoms with van der Waals surface area (Å²) in [5.41, 5.74) is 2.49. The molecule has 0 saturated carbocycles. The van der Waals surface area contributed by atoms with Gasteiger partial charge >= 0.3 is 0 Å². The van der Waals surface area contributed by atoms with Crippen LogP contribution in [0.2, 0.25) is 0 Å². The van der Waals surface area contributed by atoms with Crippen LogP contribution in [0.25, 0.3) is 0 Å². The number of hydrogen-bond acceptors (Lipinski definition) is 5. The van der Waals surface area contributed by atoms with E-state index in [9.17, 15) is 4.79 Å². The smallest absolute Gasteiger partial charge is 0.236 e. The minimum absolute atomic E-state index is 0.258. The lowest BCUT2D eigenvalue weighted by Crippen LogP contribution is -2.44. The van der Waals surface area contributed by atoms with Crippen molar-refractivity contribution >= 4 is 5.91 Å². The number of rotatable bonds is 14. The minimum atomic E-state index is 0.258. The van der Waals surface area contributed by atoms with Gasteiger partial charge in [-0.3, -0.25) is 9.69 Å². The molecule has 2 aliphatic rings. The van der Waals surface area contributed by atoms with E-state index in [2.05, 4.69) is 56.6 Å². The van der Waals surface area contributed by atoms with Gasteiger partial charge in [0.25, 0.3) is 0 Å². The Hall–Kier alpha value is -1.79. The average Bonchev–Trinajstić information content (AvgIpc) is 3.24. The summed E-state index contributed by atoms with van der Waals surface area (Å²) in [5.74, 6) is 2.35. The van der Waals surface area contributed by atoms with Crippen LogP contribution in [0.4, 0.5) is 0 Å². The molecule has 1 aromatic carbocycles. The average molecular weight is 503 g/mol. The molecular weight excluding hydrogens is 452 g/mol. The summed E-state index contributed by atoms with van der Waals surface area (Å²) < 4.78 is 17.0. The Labute approximate surface area is 219 Å². The standard InChI is InChI=1S/C30H50N2O4/c1-7-10-13-31(14-11-8-2)29(33)20-32-19-24(15-25(32)18-30(4,5)12-9-3)23-16-27(34-6)26-21-35-22-36-28(26)17-23/h16-17,24-25H,7-15,18-22H2,1-6H3/t24-,25-/m1/s1. The van der Waals surface area contributed by atoms with E-state index < -0.39 is 0 Å². The Bertz CT molecular complexity index is 815. The molecule has 0 unspecified atom stereocenters. The maximum atomic E-state index is 13.5. The van der Waals surface area contributed by atoms with E-state index in [1.165, 1.54) is 18.4 Å². The monoisotopic (exact) mass is 502 g/mol. The van der Waals surface area contributed by atoms with E-state index >= 15 is 0 Å². The van der Waals surface area contributed by atoms with Gasteiger partial charge in [0.2, 0.25) is 5.91 Å². The van der Waals surface area contributed by atoms with E-state index in [0.29, 0.717) is 31.0 Å². The number of benzene rings is 1. The Morgan fingerprint density at radius 1 is 1.14 bits per heavy atom. The molecule has 1 fully saturated rings. The molecule has 0 spiro atoms.